The number of hydrogen-bond acceptors (Lipinski definition) is 3. The first-order valence-electron chi connectivity index (χ1n) is 7.46. The van der Waals surface area contributed by atoms with E-state index in [1.54, 1.807) is 12.1 Å². The van der Waals surface area contributed by atoms with Crippen LogP contribution in [0.1, 0.15) is 32.1 Å². The fourth-order valence-electron chi connectivity index (χ4n) is 2.60. The van der Waals surface area contributed by atoms with E-state index in [1.165, 1.54) is 0 Å². The third-order valence-corrected chi connectivity index (χ3v) is 4.21. The third kappa shape index (κ3) is 5.21. The van der Waals surface area contributed by atoms with Gasteiger partial charge in [-0.1, -0.05) is 23.7 Å². The van der Waals surface area contributed by atoms with Gasteiger partial charge in [-0.25, -0.2) is 0 Å². The van der Waals surface area contributed by atoms with Crippen molar-refractivity contribution in [1.82, 2.24) is 5.32 Å². The van der Waals surface area contributed by atoms with Gasteiger partial charge in [-0.15, -0.1) is 0 Å². The molecule has 2 N–H and O–H groups in total. The Kier molecular flexibility index (Phi) is 6.33. The van der Waals surface area contributed by atoms with E-state index in [-0.39, 0.29) is 18.6 Å². The standard InChI is InChI=1S/C16H22ClNO3/c17-14-3-1-2-4-15(14)21-10-9-16(20)18-13-7-5-12(11-19)6-8-13/h1-4,12-13,19H,5-11H2,(H,18,20). The molecular formula is C16H22ClNO3. The number of hydrogen-bond donors (Lipinski definition) is 2. The second kappa shape index (κ2) is 8.25. The molecule has 0 heterocycles. The van der Waals surface area contributed by atoms with Crippen LogP contribution in [0.5, 0.6) is 5.75 Å². The molecule has 0 aromatic heterocycles. The Balaban J connectivity index is 1.65. The van der Waals surface area contributed by atoms with Crippen LogP contribution in [0.4, 0.5) is 0 Å². The molecule has 1 amide bonds. The van der Waals surface area contributed by atoms with E-state index < -0.39 is 0 Å². The van der Waals surface area contributed by atoms with Gasteiger partial charge >= 0.3 is 0 Å². The normalized spacial score (nSPS) is 21.8. The molecule has 0 atom stereocenters. The zero-order chi connectivity index (χ0) is 15.1. The van der Waals surface area contributed by atoms with Gasteiger partial charge in [0.1, 0.15) is 5.75 Å². The highest BCUT2D eigenvalue weighted by atomic mass is 35.5. The molecule has 0 aliphatic heterocycles. The number of halogens is 1. The van der Waals surface area contributed by atoms with Crippen LogP contribution in [0.2, 0.25) is 5.02 Å². The number of ether oxygens (including phenoxy) is 1. The maximum atomic E-state index is 11.9. The van der Waals surface area contributed by atoms with Crippen LogP contribution in [0.15, 0.2) is 24.3 Å². The summed E-state index contributed by atoms with van der Waals surface area (Å²) in [6.07, 6.45) is 4.19. The highest BCUT2D eigenvalue weighted by molar-refractivity contribution is 6.32. The maximum Gasteiger partial charge on any atom is 0.223 e. The number of rotatable bonds is 6. The van der Waals surface area contributed by atoms with Gasteiger partial charge in [0.25, 0.3) is 0 Å². The molecule has 0 radical (unpaired) electrons. The molecule has 21 heavy (non-hydrogen) atoms. The first kappa shape index (κ1) is 16.1. The molecule has 0 spiro atoms. The van der Waals surface area contributed by atoms with Gasteiger partial charge in [0.05, 0.1) is 18.1 Å². The number of carbonyl (C=O) groups excluding carboxylic acids is 1. The molecule has 1 aromatic carbocycles. The highest BCUT2D eigenvalue weighted by Gasteiger charge is 2.21. The van der Waals surface area contributed by atoms with Crippen molar-refractivity contribution in [2.45, 2.75) is 38.1 Å². The van der Waals surface area contributed by atoms with Crippen LogP contribution >= 0.6 is 11.6 Å². The monoisotopic (exact) mass is 311 g/mol. The molecule has 5 heteroatoms. The van der Waals surface area contributed by atoms with E-state index in [1.807, 2.05) is 12.1 Å². The van der Waals surface area contributed by atoms with Crippen molar-refractivity contribution < 1.29 is 14.6 Å². The van der Waals surface area contributed by atoms with Gasteiger partial charge in [-0.05, 0) is 43.7 Å². The van der Waals surface area contributed by atoms with Gasteiger partial charge in [-0.3, -0.25) is 4.79 Å². The van der Waals surface area contributed by atoms with Crippen molar-refractivity contribution in [2.75, 3.05) is 13.2 Å². The van der Waals surface area contributed by atoms with E-state index >= 15 is 0 Å². The molecule has 0 saturated heterocycles. The Morgan fingerprint density at radius 2 is 2.00 bits per heavy atom. The lowest BCUT2D eigenvalue weighted by Crippen LogP contribution is -2.38. The molecule has 0 bridgehead atoms. The second-order valence-electron chi connectivity index (χ2n) is 5.50. The summed E-state index contributed by atoms with van der Waals surface area (Å²) < 4.78 is 5.51. The SMILES string of the molecule is O=C(CCOc1ccccc1Cl)NC1CCC(CO)CC1. The van der Waals surface area contributed by atoms with Crippen molar-refractivity contribution in [1.29, 1.82) is 0 Å². The van der Waals surface area contributed by atoms with E-state index in [0.29, 0.717) is 29.7 Å². The lowest BCUT2D eigenvalue weighted by Gasteiger charge is -2.27. The summed E-state index contributed by atoms with van der Waals surface area (Å²) >= 11 is 5.98. The van der Waals surface area contributed by atoms with Crippen LogP contribution in [0.25, 0.3) is 0 Å². The Bertz CT molecular complexity index is 459. The fraction of sp³-hybridized carbons (Fsp3) is 0.562. The number of carbonyl (C=O) groups is 1. The van der Waals surface area contributed by atoms with Crippen molar-refractivity contribution in [3.05, 3.63) is 29.3 Å². The zero-order valence-electron chi connectivity index (χ0n) is 12.1. The lowest BCUT2D eigenvalue weighted by atomic mass is 9.86. The predicted octanol–water partition coefficient (Wildman–Crippen LogP) is 2.78. The van der Waals surface area contributed by atoms with Gasteiger partial charge in [0.15, 0.2) is 0 Å². The summed E-state index contributed by atoms with van der Waals surface area (Å²) in [6.45, 7) is 0.577. The van der Waals surface area contributed by atoms with Crippen LogP contribution in [-0.4, -0.2) is 30.3 Å². The smallest absolute Gasteiger partial charge is 0.223 e. The van der Waals surface area contributed by atoms with Gasteiger partial charge in [-0.2, -0.15) is 0 Å². The van der Waals surface area contributed by atoms with Crippen molar-refractivity contribution in [3.8, 4) is 5.75 Å². The summed E-state index contributed by atoms with van der Waals surface area (Å²) in [5, 5.41) is 12.7. The lowest BCUT2D eigenvalue weighted by molar-refractivity contribution is -0.122. The minimum atomic E-state index is 0.00880. The summed E-state index contributed by atoms with van der Waals surface area (Å²) in [5.41, 5.74) is 0. The molecule has 1 aliphatic rings. The third-order valence-electron chi connectivity index (χ3n) is 3.89. The van der Waals surface area contributed by atoms with Crippen LogP contribution < -0.4 is 10.1 Å². The molecule has 4 nitrogen and oxygen atoms in total. The molecule has 0 unspecified atom stereocenters. The average Bonchev–Trinajstić information content (AvgIpc) is 2.50. The zero-order valence-corrected chi connectivity index (χ0v) is 12.8. The van der Waals surface area contributed by atoms with Gasteiger partial charge < -0.3 is 15.2 Å². The molecule has 1 saturated carbocycles. The summed E-state index contributed by atoms with van der Waals surface area (Å²) in [7, 11) is 0. The Labute approximate surface area is 130 Å². The van der Waals surface area contributed by atoms with Crippen LogP contribution in [0, 0.1) is 5.92 Å². The van der Waals surface area contributed by atoms with Crippen LogP contribution in [-0.2, 0) is 4.79 Å². The Morgan fingerprint density at radius 1 is 1.29 bits per heavy atom. The first-order chi connectivity index (χ1) is 10.2. The predicted molar refractivity (Wildman–Crippen MR) is 82.5 cm³/mol. The fourth-order valence-corrected chi connectivity index (χ4v) is 2.79. The van der Waals surface area contributed by atoms with E-state index in [4.69, 9.17) is 21.4 Å². The largest absolute Gasteiger partial charge is 0.491 e. The van der Waals surface area contributed by atoms with E-state index in [2.05, 4.69) is 5.32 Å². The molecule has 116 valence electrons. The minimum Gasteiger partial charge on any atom is -0.491 e. The number of benzene rings is 1. The number of para-hydroxylation sites is 1. The van der Waals surface area contributed by atoms with Crippen molar-refractivity contribution >= 4 is 17.5 Å². The summed E-state index contributed by atoms with van der Waals surface area (Å²) in [5.74, 6) is 1.02. The van der Waals surface area contributed by atoms with E-state index in [0.717, 1.165) is 25.7 Å². The molecule has 2 rings (SSSR count). The number of aliphatic hydroxyl groups is 1. The Morgan fingerprint density at radius 3 is 2.67 bits per heavy atom. The van der Waals surface area contributed by atoms with Crippen molar-refractivity contribution in [2.24, 2.45) is 5.92 Å². The number of aliphatic hydroxyl groups excluding tert-OH is 1. The molecule has 1 fully saturated rings. The first-order valence-corrected chi connectivity index (χ1v) is 7.84. The molecule has 1 aliphatic carbocycles. The summed E-state index contributed by atoms with van der Waals surface area (Å²) in [6, 6.07) is 7.47. The van der Waals surface area contributed by atoms with E-state index in [9.17, 15) is 4.79 Å². The average molecular weight is 312 g/mol. The number of nitrogens with one attached hydrogen (secondary N) is 1. The van der Waals surface area contributed by atoms with Crippen LogP contribution in [0.3, 0.4) is 0 Å². The highest BCUT2D eigenvalue weighted by Crippen LogP contribution is 2.24. The second-order valence-corrected chi connectivity index (χ2v) is 5.90. The topological polar surface area (TPSA) is 58.6 Å². The number of amides is 1. The summed E-state index contributed by atoms with van der Waals surface area (Å²) in [4.78, 5) is 11.9. The Hall–Kier alpha value is -1.26. The quantitative estimate of drug-likeness (QED) is 0.849. The maximum absolute atomic E-state index is 11.9. The minimum absolute atomic E-state index is 0.00880. The molecule has 1 aromatic rings. The molecular weight excluding hydrogens is 290 g/mol. The van der Waals surface area contributed by atoms with Crippen molar-refractivity contribution in [3.63, 3.8) is 0 Å². The van der Waals surface area contributed by atoms with Gasteiger partial charge in [0.2, 0.25) is 5.91 Å². The van der Waals surface area contributed by atoms with Gasteiger partial charge in [0, 0.05) is 12.6 Å².